The predicted molar refractivity (Wildman–Crippen MR) is 137 cm³/mol. The van der Waals surface area contributed by atoms with Crippen molar-refractivity contribution in [3.8, 4) is 11.5 Å². The van der Waals surface area contributed by atoms with Gasteiger partial charge in [-0.25, -0.2) is 4.79 Å². The van der Waals surface area contributed by atoms with E-state index >= 15 is 0 Å². The van der Waals surface area contributed by atoms with E-state index in [9.17, 15) is 4.79 Å². The lowest BCUT2D eigenvalue weighted by molar-refractivity contribution is 0.150. The molecule has 0 N–H and O–H groups in total. The highest BCUT2D eigenvalue weighted by Gasteiger charge is 2.19. The van der Waals surface area contributed by atoms with Gasteiger partial charge in [-0.1, -0.05) is 111 Å². The van der Waals surface area contributed by atoms with Crippen LogP contribution < -0.4 is 9.47 Å². The highest BCUT2D eigenvalue weighted by Crippen LogP contribution is 2.32. The molecule has 172 valence electrons. The Bertz CT molecular complexity index is 1110. The lowest BCUT2D eigenvalue weighted by Crippen LogP contribution is -2.17. The molecule has 34 heavy (non-hydrogen) atoms. The maximum atomic E-state index is 12.8. The lowest BCUT2D eigenvalue weighted by atomic mass is 9.93. The van der Waals surface area contributed by atoms with E-state index in [4.69, 9.17) is 9.47 Å². The summed E-state index contributed by atoms with van der Waals surface area (Å²) in [6.45, 7) is 4.28. The molecule has 0 bridgehead atoms. The second kappa shape index (κ2) is 11.3. The van der Waals surface area contributed by atoms with Crippen LogP contribution in [0, 0.1) is 0 Å². The summed E-state index contributed by atoms with van der Waals surface area (Å²) in [6, 6.07) is 36.0. The monoisotopic (exact) mass is 450 g/mol. The number of hydrogen-bond acceptors (Lipinski definition) is 3. The minimum atomic E-state index is -0.723. The summed E-state index contributed by atoms with van der Waals surface area (Å²) in [6.07, 6.45) is 0.991. The predicted octanol–water partition coefficient (Wildman–Crippen LogP) is 7.96. The van der Waals surface area contributed by atoms with Gasteiger partial charge in [0.15, 0.2) is 0 Å². The second-order valence-electron chi connectivity index (χ2n) is 8.71. The third-order valence-electron chi connectivity index (χ3n) is 6.06. The molecule has 0 spiro atoms. The van der Waals surface area contributed by atoms with Crippen molar-refractivity contribution in [2.75, 3.05) is 0 Å². The number of benzene rings is 4. The van der Waals surface area contributed by atoms with Crippen molar-refractivity contribution < 1.29 is 14.3 Å². The van der Waals surface area contributed by atoms with Crippen LogP contribution in [0.1, 0.15) is 47.9 Å². The Kier molecular flexibility index (Phi) is 7.77. The van der Waals surface area contributed by atoms with Gasteiger partial charge in [0.05, 0.1) is 0 Å². The van der Waals surface area contributed by atoms with Crippen LogP contribution in [0.2, 0.25) is 0 Å². The first-order valence-electron chi connectivity index (χ1n) is 11.8. The lowest BCUT2D eigenvalue weighted by Gasteiger charge is -2.18. The van der Waals surface area contributed by atoms with Crippen molar-refractivity contribution >= 4 is 6.16 Å². The van der Waals surface area contributed by atoms with Crippen LogP contribution in [0.25, 0.3) is 0 Å². The molecule has 0 radical (unpaired) electrons. The first-order valence-corrected chi connectivity index (χ1v) is 11.8. The van der Waals surface area contributed by atoms with E-state index in [1.165, 1.54) is 11.1 Å². The van der Waals surface area contributed by atoms with Gasteiger partial charge in [-0.15, -0.1) is 0 Å². The number of ether oxygens (including phenoxy) is 2. The summed E-state index contributed by atoms with van der Waals surface area (Å²) < 4.78 is 11.4. The zero-order valence-corrected chi connectivity index (χ0v) is 19.7. The van der Waals surface area contributed by atoms with E-state index < -0.39 is 6.16 Å². The standard InChI is InChI=1S/C31H30O3/c1-23(21-25-13-5-3-6-14-25)27-17-9-11-19-29(27)33-31(32)34-30-20-12-10-18-28(30)24(2)22-26-15-7-4-8-16-26/h3-20,23-24H,21-22H2,1-2H3. The van der Waals surface area contributed by atoms with E-state index in [1.807, 2.05) is 84.9 Å². The molecule has 0 saturated carbocycles. The van der Waals surface area contributed by atoms with Crippen molar-refractivity contribution in [1.82, 2.24) is 0 Å². The number of rotatable bonds is 8. The third-order valence-corrected chi connectivity index (χ3v) is 6.06. The molecule has 3 heteroatoms. The average molecular weight is 451 g/mol. The van der Waals surface area contributed by atoms with Crippen molar-refractivity contribution in [2.45, 2.75) is 38.5 Å². The molecule has 0 heterocycles. The molecule has 0 amide bonds. The van der Waals surface area contributed by atoms with Gasteiger partial charge in [-0.2, -0.15) is 0 Å². The summed E-state index contributed by atoms with van der Waals surface area (Å²) in [5.41, 5.74) is 4.45. The number of para-hydroxylation sites is 2. The molecule has 4 aromatic rings. The molecule has 0 saturated heterocycles. The van der Waals surface area contributed by atoms with Gasteiger partial charge in [-0.3, -0.25) is 0 Å². The maximum absolute atomic E-state index is 12.8. The Labute approximate surface area is 202 Å². The quantitative estimate of drug-likeness (QED) is 0.202. The van der Waals surface area contributed by atoms with Crippen LogP contribution >= 0.6 is 0 Å². The van der Waals surface area contributed by atoms with Gasteiger partial charge in [0.2, 0.25) is 0 Å². The molecule has 4 aromatic carbocycles. The Balaban J connectivity index is 1.46. The number of hydrogen-bond donors (Lipinski definition) is 0. The summed E-state index contributed by atoms with van der Waals surface area (Å²) in [5, 5.41) is 0. The molecule has 2 atom stereocenters. The fraction of sp³-hybridized carbons (Fsp3) is 0.194. The number of carbonyl (C=O) groups excluding carboxylic acids is 1. The van der Waals surface area contributed by atoms with E-state index in [0.717, 1.165) is 24.0 Å². The van der Waals surface area contributed by atoms with Crippen LogP contribution in [0.4, 0.5) is 4.79 Å². The summed E-state index contributed by atoms with van der Waals surface area (Å²) in [5.74, 6) is 1.44. The SMILES string of the molecule is CC(Cc1ccccc1)c1ccccc1OC(=O)Oc1ccccc1C(C)Cc1ccccc1. The number of carbonyl (C=O) groups is 1. The van der Waals surface area contributed by atoms with Crippen molar-refractivity contribution in [1.29, 1.82) is 0 Å². The summed E-state index contributed by atoms with van der Waals surface area (Å²) in [4.78, 5) is 12.8. The van der Waals surface area contributed by atoms with Gasteiger partial charge in [0.1, 0.15) is 11.5 Å². The first kappa shape index (κ1) is 23.3. The maximum Gasteiger partial charge on any atom is 0.519 e. The topological polar surface area (TPSA) is 35.5 Å². The Morgan fingerprint density at radius 1 is 0.559 bits per heavy atom. The van der Waals surface area contributed by atoms with E-state index in [-0.39, 0.29) is 11.8 Å². The van der Waals surface area contributed by atoms with Crippen LogP contribution in [-0.2, 0) is 12.8 Å². The van der Waals surface area contributed by atoms with Gasteiger partial charge >= 0.3 is 6.16 Å². The molecule has 4 rings (SSSR count). The van der Waals surface area contributed by atoms with Gasteiger partial charge in [-0.05, 0) is 59.1 Å². The van der Waals surface area contributed by atoms with Crippen molar-refractivity contribution in [3.05, 3.63) is 131 Å². The average Bonchev–Trinajstić information content (AvgIpc) is 2.86. The molecule has 0 fully saturated rings. The van der Waals surface area contributed by atoms with Crippen LogP contribution in [0.3, 0.4) is 0 Å². The zero-order valence-electron chi connectivity index (χ0n) is 19.7. The van der Waals surface area contributed by atoms with Gasteiger partial charge < -0.3 is 9.47 Å². The van der Waals surface area contributed by atoms with Crippen LogP contribution in [0.5, 0.6) is 11.5 Å². The zero-order chi connectivity index (χ0) is 23.8. The molecular weight excluding hydrogens is 420 g/mol. The summed E-state index contributed by atoms with van der Waals surface area (Å²) in [7, 11) is 0. The summed E-state index contributed by atoms with van der Waals surface area (Å²) >= 11 is 0. The van der Waals surface area contributed by atoms with Gasteiger partial charge in [0, 0.05) is 0 Å². The Hall–Kier alpha value is -3.85. The fourth-order valence-corrected chi connectivity index (χ4v) is 4.32. The van der Waals surface area contributed by atoms with Crippen molar-refractivity contribution in [3.63, 3.8) is 0 Å². The molecule has 0 aromatic heterocycles. The van der Waals surface area contributed by atoms with E-state index in [2.05, 4.69) is 38.1 Å². The first-order chi connectivity index (χ1) is 16.6. The fourth-order valence-electron chi connectivity index (χ4n) is 4.32. The molecule has 0 aliphatic carbocycles. The van der Waals surface area contributed by atoms with E-state index in [0.29, 0.717) is 11.5 Å². The molecule has 0 aliphatic heterocycles. The minimum Gasteiger partial charge on any atom is -0.394 e. The second-order valence-corrected chi connectivity index (χ2v) is 8.71. The normalized spacial score (nSPS) is 12.5. The van der Waals surface area contributed by atoms with Crippen LogP contribution in [-0.4, -0.2) is 6.16 Å². The van der Waals surface area contributed by atoms with Gasteiger partial charge in [0.25, 0.3) is 0 Å². The molecule has 3 nitrogen and oxygen atoms in total. The minimum absolute atomic E-state index is 0.185. The van der Waals surface area contributed by atoms with Crippen LogP contribution in [0.15, 0.2) is 109 Å². The highest BCUT2D eigenvalue weighted by molar-refractivity contribution is 5.68. The molecular formula is C31H30O3. The van der Waals surface area contributed by atoms with Crippen molar-refractivity contribution in [2.24, 2.45) is 0 Å². The third kappa shape index (κ3) is 6.14. The molecule has 2 unspecified atom stereocenters. The smallest absolute Gasteiger partial charge is 0.394 e. The highest BCUT2D eigenvalue weighted by atomic mass is 16.7. The molecule has 0 aliphatic rings. The Morgan fingerprint density at radius 2 is 0.912 bits per heavy atom. The van der Waals surface area contributed by atoms with E-state index in [1.54, 1.807) is 0 Å². The Morgan fingerprint density at radius 3 is 1.32 bits per heavy atom. The largest absolute Gasteiger partial charge is 0.519 e.